The van der Waals surface area contributed by atoms with Gasteiger partial charge >= 0.3 is 5.97 Å². The van der Waals surface area contributed by atoms with Crippen molar-refractivity contribution in [2.45, 2.75) is 43.2 Å². The molecular formula is C20H22ClFN2O4S. The van der Waals surface area contributed by atoms with Crippen LogP contribution < -0.4 is 0 Å². The summed E-state index contributed by atoms with van der Waals surface area (Å²) in [6.45, 7) is -0.408. The van der Waals surface area contributed by atoms with Gasteiger partial charge in [-0.3, -0.25) is 4.39 Å². The fraction of sp³-hybridized carbons (Fsp3) is 0.400. The van der Waals surface area contributed by atoms with Gasteiger partial charge in [0, 0.05) is 18.8 Å². The molecule has 1 aromatic heterocycles. The number of sulfonamides is 1. The van der Waals surface area contributed by atoms with Crippen LogP contribution in [0.1, 0.15) is 41.6 Å². The summed E-state index contributed by atoms with van der Waals surface area (Å²) in [5, 5.41) is 9.25. The minimum Gasteiger partial charge on any atom is -0.478 e. The molecule has 0 spiro atoms. The molecule has 9 heteroatoms. The first-order valence-electron chi connectivity index (χ1n) is 9.33. The maximum absolute atomic E-state index is 13.4. The highest BCUT2D eigenvalue weighted by Gasteiger charge is 2.35. The van der Waals surface area contributed by atoms with Gasteiger partial charge in [-0.25, -0.2) is 18.2 Å². The van der Waals surface area contributed by atoms with E-state index in [9.17, 15) is 17.6 Å². The van der Waals surface area contributed by atoms with Crippen molar-refractivity contribution in [3.8, 4) is 0 Å². The Morgan fingerprint density at radius 3 is 2.52 bits per heavy atom. The summed E-state index contributed by atoms with van der Waals surface area (Å²) in [6.07, 6.45) is 3.81. The SMILES string of the molecule is O=C(O)c1ccc(CN(C2CCCC(CF)C2)S(=O)(=O)c2ccc(Cl)nc2)cc1. The average molecular weight is 441 g/mol. The Morgan fingerprint density at radius 1 is 1.21 bits per heavy atom. The molecule has 1 aromatic carbocycles. The molecule has 2 atom stereocenters. The van der Waals surface area contributed by atoms with Crippen molar-refractivity contribution in [3.05, 3.63) is 58.9 Å². The number of rotatable bonds is 7. The lowest BCUT2D eigenvalue weighted by Gasteiger charge is -2.36. The normalized spacial score (nSPS) is 20.0. The van der Waals surface area contributed by atoms with Gasteiger partial charge in [-0.2, -0.15) is 4.31 Å². The van der Waals surface area contributed by atoms with E-state index in [1.807, 2.05) is 0 Å². The first-order valence-corrected chi connectivity index (χ1v) is 11.1. The number of aromatic nitrogens is 1. The maximum atomic E-state index is 13.4. The van der Waals surface area contributed by atoms with E-state index in [0.29, 0.717) is 18.4 Å². The molecule has 1 fully saturated rings. The molecule has 2 aromatic rings. The van der Waals surface area contributed by atoms with Crippen LogP contribution in [0.25, 0.3) is 0 Å². The lowest BCUT2D eigenvalue weighted by atomic mass is 9.86. The minimum atomic E-state index is -3.90. The molecule has 1 aliphatic rings. The van der Waals surface area contributed by atoms with Crippen molar-refractivity contribution in [1.82, 2.24) is 9.29 Å². The maximum Gasteiger partial charge on any atom is 0.335 e. The Morgan fingerprint density at radius 2 is 1.93 bits per heavy atom. The third-order valence-corrected chi connectivity index (χ3v) is 7.33. The Balaban J connectivity index is 1.94. The summed E-state index contributed by atoms with van der Waals surface area (Å²) in [5.41, 5.74) is 0.781. The summed E-state index contributed by atoms with van der Waals surface area (Å²) >= 11 is 5.79. The molecule has 1 N–H and O–H groups in total. The van der Waals surface area contributed by atoms with Crippen LogP contribution >= 0.6 is 11.6 Å². The number of aromatic carboxylic acids is 1. The van der Waals surface area contributed by atoms with E-state index in [0.717, 1.165) is 12.8 Å². The molecule has 156 valence electrons. The largest absolute Gasteiger partial charge is 0.478 e. The Kier molecular flexibility index (Phi) is 6.87. The molecule has 0 amide bonds. The van der Waals surface area contributed by atoms with Crippen LogP contribution in [0.5, 0.6) is 0 Å². The van der Waals surface area contributed by atoms with Gasteiger partial charge in [0.15, 0.2) is 0 Å². The molecule has 1 saturated carbocycles. The second-order valence-corrected chi connectivity index (χ2v) is 9.49. The first kappa shape index (κ1) is 21.7. The van der Waals surface area contributed by atoms with Crippen LogP contribution in [0.3, 0.4) is 0 Å². The molecule has 1 heterocycles. The number of alkyl halides is 1. The monoisotopic (exact) mass is 440 g/mol. The molecule has 0 radical (unpaired) electrons. The van der Waals surface area contributed by atoms with Gasteiger partial charge in [-0.1, -0.05) is 30.2 Å². The number of carboxylic acids is 1. The van der Waals surface area contributed by atoms with Crippen molar-refractivity contribution in [3.63, 3.8) is 0 Å². The number of benzene rings is 1. The quantitative estimate of drug-likeness (QED) is 0.653. The summed E-state index contributed by atoms with van der Waals surface area (Å²) in [6, 6.07) is 8.56. The molecule has 2 unspecified atom stereocenters. The molecule has 0 saturated heterocycles. The van der Waals surface area contributed by atoms with Crippen LogP contribution in [0.15, 0.2) is 47.5 Å². The molecule has 0 bridgehead atoms. The molecule has 1 aliphatic carbocycles. The smallest absolute Gasteiger partial charge is 0.335 e. The number of hydrogen-bond acceptors (Lipinski definition) is 4. The van der Waals surface area contributed by atoms with Crippen molar-refractivity contribution < 1.29 is 22.7 Å². The zero-order valence-corrected chi connectivity index (χ0v) is 17.2. The summed E-state index contributed by atoms with van der Waals surface area (Å²) < 4.78 is 41.4. The number of carbonyl (C=O) groups is 1. The van der Waals surface area contributed by atoms with E-state index in [2.05, 4.69) is 4.98 Å². The Labute approximate surface area is 174 Å². The standard InChI is InChI=1S/C20H22ClFN2O4S/c21-19-9-8-18(12-23-19)29(27,28)24(17-3-1-2-15(10-17)11-22)13-14-4-6-16(7-5-14)20(25)26/h4-9,12,15,17H,1-3,10-11,13H2,(H,25,26). The van der Waals surface area contributed by atoms with E-state index in [1.165, 1.54) is 34.8 Å². The van der Waals surface area contributed by atoms with E-state index >= 15 is 0 Å². The van der Waals surface area contributed by atoms with Crippen LogP contribution in [0.2, 0.25) is 5.15 Å². The average Bonchev–Trinajstić information content (AvgIpc) is 2.72. The van der Waals surface area contributed by atoms with E-state index in [-0.39, 0.29) is 34.1 Å². The molecule has 6 nitrogen and oxygen atoms in total. The topological polar surface area (TPSA) is 87.6 Å². The Bertz CT molecular complexity index is 951. The van der Waals surface area contributed by atoms with Crippen molar-refractivity contribution in [2.24, 2.45) is 5.92 Å². The van der Waals surface area contributed by atoms with E-state index in [1.54, 1.807) is 12.1 Å². The van der Waals surface area contributed by atoms with Crippen molar-refractivity contribution >= 4 is 27.6 Å². The van der Waals surface area contributed by atoms with Crippen molar-refractivity contribution in [2.75, 3.05) is 6.67 Å². The number of halogens is 2. The third-order valence-electron chi connectivity index (χ3n) is 5.23. The van der Waals surface area contributed by atoms with Gasteiger partial charge in [-0.05, 0) is 55.0 Å². The predicted octanol–water partition coefficient (Wildman–Crippen LogP) is 4.15. The lowest BCUT2D eigenvalue weighted by molar-refractivity contribution is 0.0697. The van der Waals surface area contributed by atoms with Gasteiger partial charge < -0.3 is 5.11 Å². The molecular weight excluding hydrogens is 419 g/mol. The fourth-order valence-electron chi connectivity index (χ4n) is 3.66. The molecule has 0 aliphatic heterocycles. The van der Waals surface area contributed by atoms with E-state index < -0.39 is 22.7 Å². The van der Waals surface area contributed by atoms with E-state index in [4.69, 9.17) is 16.7 Å². The summed E-state index contributed by atoms with van der Waals surface area (Å²) in [5.74, 6) is -1.21. The number of carboxylic acid groups (broad SMARTS) is 1. The van der Waals surface area contributed by atoms with Gasteiger partial charge in [0.2, 0.25) is 10.0 Å². The van der Waals surface area contributed by atoms with Crippen molar-refractivity contribution in [1.29, 1.82) is 0 Å². The molecule has 29 heavy (non-hydrogen) atoms. The Hall–Kier alpha value is -2.03. The highest BCUT2D eigenvalue weighted by molar-refractivity contribution is 7.89. The number of pyridine rings is 1. The van der Waals surface area contributed by atoms with Crippen LogP contribution in [0.4, 0.5) is 4.39 Å². The summed E-state index contributed by atoms with van der Waals surface area (Å²) in [7, 11) is -3.90. The highest BCUT2D eigenvalue weighted by atomic mass is 35.5. The number of hydrogen-bond donors (Lipinski definition) is 1. The fourth-order valence-corrected chi connectivity index (χ4v) is 5.37. The first-order chi connectivity index (χ1) is 13.8. The third kappa shape index (κ3) is 5.12. The van der Waals surface area contributed by atoms with Gasteiger partial charge in [0.25, 0.3) is 0 Å². The van der Waals surface area contributed by atoms with Crippen LogP contribution in [-0.2, 0) is 16.6 Å². The second-order valence-electron chi connectivity index (χ2n) is 7.21. The highest BCUT2D eigenvalue weighted by Crippen LogP contribution is 2.32. The van der Waals surface area contributed by atoms with Gasteiger partial charge in [0.1, 0.15) is 10.0 Å². The van der Waals surface area contributed by atoms with Crippen LogP contribution in [-0.4, -0.2) is 41.5 Å². The van der Waals surface area contributed by atoms with Gasteiger partial charge in [-0.15, -0.1) is 0 Å². The zero-order chi connectivity index (χ0) is 21.0. The second kappa shape index (κ2) is 9.19. The minimum absolute atomic E-state index is 0.0198. The zero-order valence-electron chi connectivity index (χ0n) is 15.7. The summed E-state index contributed by atoms with van der Waals surface area (Å²) in [4.78, 5) is 15.0. The van der Waals surface area contributed by atoms with Gasteiger partial charge in [0.05, 0.1) is 12.2 Å². The molecule has 3 rings (SSSR count). The van der Waals surface area contributed by atoms with Crippen LogP contribution in [0, 0.1) is 5.92 Å². The predicted molar refractivity (Wildman–Crippen MR) is 107 cm³/mol. The lowest BCUT2D eigenvalue weighted by Crippen LogP contribution is -2.42. The number of nitrogens with zero attached hydrogens (tertiary/aromatic N) is 2.